The molecule has 6 nitrogen and oxygen atoms in total. The highest BCUT2D eigenvalue weighted by atomic mass is 16.7. The lowest BCUT2D eigenvalue weighted by Crippen LogP contribution is -2.31. The first-order valence-corrected chi connectivity index (χ1v) is 9.63. The molecule has 2 aliphatic carbocycles. The predicted octanol–water partition coefficient (Wildman–Crippen LogP) is 2.60. The molecule has 6 heteroatoms. The Labute approximate surface area is 150 Å². The molecule has 0 aromatic carbocycles. The summed E-state index contributed by atoms with van der Waals surface area (Å²) in [6.07, 6.45) is 6.59. The van der Waals surface area contributed by atoms with Crippen LogP contribution in [0.25, 0.3) is 0 Å². The van der Waals surface area contributed by atoms with E-state index in [9.17, 15) is 15.0 Å². The van der Waals surface area contributed by atoms with Gasteiger partial charge in [0.25, 0.3) is 0 Å². The number of hydrogen-bond donors (Lipinski definition) is 4. The third-order valence-electron chi connectivity index (χ3n) is 5.99. The smallest absolute Gasteiger partial charge is 0.332 e. The van der Waals surface area contributed by atoms with Gasteiger partial charge in [-0.25, -0.2) is 4.79 Å². The second-order valence-corrected chi connectivity index (χ2v) is 7.53. The number of fused-ring (bicyclic) bond motifs is 1. The van der Waals surface area contributed by atoms with Crippen LogP contribution in [0.3, 0.4) is 0 Å². The fourth-order valence-corrected chi connectivity index (χ4v) is 4.24. The first-order valence-electron chi connectivity index (χ1n) is 9.63. The quantitative estimate of drug-likeness (QED) is 0.402. The van der Waals surface area contributed by atoms with E-state index in [1.54, 1.807) is 0 Å². The number of aliphatic carboxylic acids is 1. The van der Waals surface area contributed by atoms with E-state index in [0.717, 1.165) is 43.4 Å². The predicted molar refractivity (Wildman–Crippen MR) is 94.5 cm³/mol. The van der Waals surface area contributed by atoms with E-state index in [1.807, 2.05) is 0 Å². The molecular formula is C19H33NO5. The molecule has 0 amide bonds. The van der Waals surface area contributed by atoms with Crippen molar-refractivity contribution in [2.24, 2.45) is 17.8 Å². The molecule has 4 atom stereocenters. The largest absolute Gasteiger partial charge is 0.479 e. The lowest BCUT2D eigenvalue weighted by molar-refractivity contribution is -0.144. The van der Waals surface area contributed by atoms with Crippen LogP contribution in [0.1, 0.15) is 65.2 Å². The molecule has 0 aliphatic heterocycles. The molecule has 1 fully saturated rings. The Balaban J connectivity index is 1.73. The molecule has 0 heterocycles. The van der Waals surface area contributed by atoms with Gasteiger partial charge in [0.2, 0.25) is 0 Å². The van der Waals surface area contributed by atoms with Crippen molar-refractivity contribution < 1.29 is 25.0 Å². The molecule has 0 aromatic rings. The lowest BCUT2D eigenvalue weighted by Gasteiger charge is -2.32. The average molecular weight is 355 g/mol. The van der Waals surface area contributed by atoms with E-state index in [0.29, 0.717) is 18.3 Å². The van der Waals surface area contributed by atoms with Crippen molar-refractivity contribution >= 4 is 5.97 Å². The summed E-state index contributed by atoms with van der Waals surface area (Å²) in [5.41, 5.74) is 4.79. The zero-order valence-corrected chi connectivity index (χ0v) is 15.4. The maximum atomic E-state index is 10.5. The van der Waals surface area contributed by atoms with Crippen molar-refractivity contribution in [1.82, 2.24) is 5.48 Å². The molecule has 0 bridgehead atoms. The van der Waals surface area contributed by atoms with Gasteiger partial charge in [-0.1, -0.05) is 26.7 Å². The van der Waals surface area contributed by atoms with Gasteiger partial charge in [0, 0.05) is 5.70 Å². The van der Waals surface area contributed by atoms with Crippen LogP contribution in [0.4, 0.5) is 0 Å². The van der Waals surface area contributed by atoms with Crippen LogP contribution in [0.2, 0.25) is 0 Å². The summed E-state index contributed by atoms with van der Waals surface area (Å²) in [5, 5.41) is 29.1. The van der Waals surface area contributed by atoms with E-state index in [4.69, 9.17) is 9.94 Å². The molecule has 4 N–H and O–H groups in total. The summed E-state index contributed by atoms with van der Waals surface area (Å²) in [5.74, 6) is 0.230. The minimum atomic E-state index is -1.01. The minimum absolute atomic E-state index is 0.197. The second-order valence-electron chi connectivity index (χ2n) is 7.53. The molecule has 0 aromatic heterocycles. The van der Waals surface area contributed by atoms with Crippen LogP contribution in [-0.4, -0.2) is 40.1 Å². The summed E-state index contributed by atoms with van der Waals surface area (Å²) < 4.78 is 0. The molecule has 2 rings (SSSR count). The third-order valence-corrected chi connectivity index (χ3v) is 5.99. The van der Waals surface area contributed by atoms with E-state index in [1.165, 1.54) is 12.8 Å². The summed E-state index contributed by atoms with van der Waals surface area (Å²) in [6, 6.07) is 0. The van der Waals surface area contributed by atoms with Gasteiger partial charge in [-0.15, -0.1) is 0 Å². The van der Waals surface area contributed by atoms with Crippen molar-refractivity contribution in [2.75, 3.05) is 6.61 Å². The first-order chi connectivity index (χ1) is 12.0. The number of nitrogens with one attached hydrogen (secondary N) is 1. The molecule has 0 spiro atoms. The molecule has 144 valence electrons. The van der Waals surface area contributed by atoms with Crippen LogP contribution >= 0.6 is 0 Å². The minimum Gasteiger partial charge on any atom is -0.479 e. The van der Waals surface area contributed by atoms with Gasteiger partial charge in [0.15, 0.2) is 6.61 Å². The van der Waals surface area contributed by atoms with Crippen LogP contribution in [0, 0.1) is 17.8 Å². The van der Waals surface area contributed by atoms with Gasteiger partial charge in [-0.05, 0) is 61.9 Å². The maximum Gasteiger partial charge on any atom is 0.332 e. The summed E-state index contributed by atoms with van der Waals surface area (Å²) >= 11 is 0. The van der Waals surface area contributed by atoms with Gasteiger partial charge in [0.1, 0.15) is 0 Å². The zero-order valence-electron chi connectivity index (χ0n) is 15.4. The Morgan fingerprint density at radius 3 is 2.60 bits per heavy atom. The first kappa shape index (κ1) is 20.2. The Morgan fingerprint density at radius 1 is 1.24 bits per heavy atom. The lowest BCUT2D eigenvalue weighted by atomic mass is 9.77. The molecule has 0 radical (unpaired) electrons. The number of aliphatic hydroxyl groups is 2. The third kappa shape index (κ3) is 5.43. The number of rotatable bonds is 12. The number of hydrogen-bond acceptors (Lipinski definition) is 5. The van der Waals surface area contributed by atoms with Crippen molar-refractivity contribution in [1.29, 1.82) is 0 Å². The van der Waals surface area contributed by atoms with Gasteiger partial charge < -0.3 is 15.3 Å². The molecular weight excluding hydrogens is 322 g/mol. The summed E-state index contributed by atoms with van der Waals surface area (Å²) in [7, 11) is 0. The Kier molecular flexibility index (Phi) is 7.72. The number of aliphatic hydroxyl groups excluding tert-OH is 2. The van der Waals surface area contributed by atoms with Crippen molar-refractivity contribution in [3.05, 3.63) is 11.3 Å². The van der Waals surface area contributed by atoms with E-state index < -0.39 is 5.97 Å². The number of carboxylic acids is 1. The topological polar surface area (TPSA) is 99.0 Å². The number of hydroxylamine groups is 1. The van der Waals surface area contributed by atoms with Crippen molar-refractivity contribution in [2.45, 2.75) is 77.4 Å². The van der Waals surface area contributed by atoms with Crippen LogP contribution in [0.15, 0.2) is 11.3 Å². The maximum absolute atomic E-state index is 10.5. The Morgan fingerprint density at radius 2 is 1.96 bits per heavy atom. The molecule has 0 saturated heterocycles. The normalized spacial score (nSPS) is 26.5. The van der Waals surface area contributed by atoms with Crippen molar-refractivity contribution in [3.63, 3.8) is 0 Å². The van der Waals surface area contributed by atoms with E-state index in [-0.39, 0.29) is 24.7 Å². The highest BCUT2D eigenvalue weighted by Gasteiger charge is 2.45. The fourth-order valence-electron chi connectivity index (χ4n) is 4.24. The van der Waals surface area contributed by atoms with Crippen LogP contribution < -0.4 is 5.48 Å². The summed E-state index contributed by atoms with van der Waals surface area (Å²) in [4.78, 5) is 15.4. The Hall–Kier alpha value is -1.11. The fraction of sp³-hybridized carbons (Fsp3) is 0.842. The number of carboxylic acid groups (broad SMARTS) is 1. The highest BCUT2D eigenvalue weighted by Crippen LogP contribution is 2.50. The van der Waals surface area contributed by atoms with Crippen LogP contribution in [0.5, 0.6) is 0 Å². The molecule has 2 aliphatic rings. The average Bonchev–Trinajstić information content (AvgIpc) is 2.81. The monoisotopic (exact) mass is 355 g/mol. The van der Waals surface area contributed by atoms with Gasteiger partial charge in [-0.3, -0.25) is 10.3 Å². The SMILES string of the molecule is CCC(CC)CCC(O)CCC1C(O)CC2=C(NOCC(=O)O)CC21. The van der Waals surface area contributed by atoms with Crippen LogP contribution in [-0.2, 0) is 9.63 Å². The highest BCUT2D eigenvalue weighted by molar-refractivity contribution is 5.67. The molecule has 4 unspecified atom stereocenters. The van der Waals surface area contributed by atoms with Gasteiger partial charge in [-0.2, -0.15) is 0 Å². The Bertz CT molecular complexity index is 474. The summed E-state index contributed by atoms with van der Waals surface area (Å²) in [6.45, 7) is 4.02. The standard InChI is InChI=1S/C19H33NO5/c1-3-12(4-2)5-6-13(21)7-8-14-15-9-17(16(15)10-18(14)22)20-25-11-19(23)24/h12-15,18,20-22H,3-11H2,1-2H3,(H,23,24). The van der Waals surface area contributed by atoms with E-state index >= 15 is 0 Å². The molecule has 1 saturated carbocycles. The van der Waals surface area contributed by atoms with Gasteiger partial charge in [0.05, 0.1) is 12.2 Å². The second kappa shape index (κ2) is 9.55. The molecule has 25 heavy (non-hydrogen) atoms. The number of allylic oxidation sites excluding steroid dienone is 1. The zero-order chi connectivity index (χ0) is 18.4. The van der Waals surface area contributed by atoms with E-state index in [2.05, 4.69) is 19.3 Å². The number of carbonyl (C=O) groups is 1. The van der Waals surface area contributed by atoms with Crippen molar-refractivity contribution in [3.8, 4) is 0 Å². The van der Waals surface area contributed by atoms with Gasteiger partial charge >= 0.3 is 5.97 Å².